The van der Waals surface area contributed by atoms with Crippen LogP contribution in [0, 0.1) is 0 Å². The van der Waals surface area contributed by atoms with Gasteiger partial charge >= 0.3 is 0 Å². The maximum absolute atomic E-state index is 2.53. The van der Waals surface area contributed by atoms with Gasteiger partial charge in [-0.15, -0.1) is 11.3 Å². The molecule has 0 aliphatic carbocycles. The average molecular weight is 686 g/mol. The van der Waals surface area contributed by atoms with Crippen molar-refractivity contribution in [2.24, 2.45) is 0 Å². The number of benzene rings is 8. The zero-order chi connectivity index (χ0) is 34.1. The number of thiophene rings is 1. The predicted octanol–water partition coefficient (Wildman–Crippen LogP) is 12.8. The fourth-order valence-corrected chi connectivity index (χ4v) is 12.6. The van der Waals surface area contributed by atoms with Gasteiger partial charge in [0.15, 0.2) is 0 Å². The van der Waals surface area contributed by atoms with E-state index in [4.69, 9.17) is 0 Å². The van der Waals surface area contributed by atoms with Gasteiger partial charge in [0.2, 0.25) is 0 Å². The molecule has 242 valence electrons. The first-order valence-corrected chi connectivity index (χ1v) is 21.5. The molecular formula is C48H35NSSi. The summed E-state index contributed by atoms with van der Waals surface area (Å²) in [6.07, 6.45) is 0. The van der Waals surface area contributed by atoms with E-state index in [1.807, 2.05) is 11.3 Å². The van der Waals surface area contributed by atoms with Crippen molar-refractivity contribution in [2.75, 3.05) is 4.90 Å². The van der Waals surface area contributed by atoms with Crippen LogP contribution in [0.1, 0.15) is 0 Å². The highest BCUT2D eigenvalue weighted by atomic mass is 32.1. The molecule has 8 aromatic carbocycles. The number of fused-ring (bicyclic) bond motifs is 8. The van der Waals surface area contributed by atoms with Crippen molar-refractivity contribution in [3.63, 3.8) is 0 Å². The molecule has 2 heterocycles. The predicted molar refractivity (Wildman–Crippen MR) is 225 cm³/mol. The van der Waals surface area contributed by atoms with Crippen LogP contribution in [-0.2, 0) is 0 Å². The highest BCUT2D eigenvalue weighted by Crippen LogP contribution is 2.44. The minimum atomic E-state index is -2.00. The van der Waals surface area contributed by atoms with Gasteiger partial charge in [-0.05, 0) is 103 Å². The normalized spacial score (nSPS) is 13.1. The summed E-state index contributed by atoms with van der Waals surface area (Å²) in [5.74, 6) is 0. The lowest BCUT2D eigenvalue weighted by Crippen LogP contribution is -2.49. The monoisotopic (exact) mass is 685 g/mol. The Labute approximate surface area is 303 Å². The summed E-state index contributed by atoms with van der Waals surface area (Å²) in [7, 11) is -2.00. The van der Waals surface area contributed by atoms with Crippen LogP contribution in [0.3, 0.4) is 0 Å². The molecule has 0 fully saturated rings. The van der Waals surface area contributed by atoms with Crippen LogP contribution < -0.4 is 15.3 Å². The standard InChI is InChI=1S/C48H35NSSi/c1-51(2)45-27-26-42-41-20-8-9-21-44(41)50-48(42)47(45)43-25-24-40(31-46(43)51)49(38-18-10-16-35(29-38)32-12-4-3-5-13-32)39-19-11-17-36(30-39)37-23-22-33-14-6-7-15-34(33)28-37/h3-31H,1-2H3. The lowest BCUT2D eigenvalue weighted by molar-refractivity contribution is 1.29. The quantitative estimate of drug-likeness (QED) is 0.163. The Kier molecular flexibility index (Phi) is 6.89. The van der Waals surface area contributed by atoms with Crippen molar-refractivity contribution in [3.05, 3.63) is 176 Å². The van der Waals surface area contributed by atoms with E-state index in [2.05, 4.69) is 194 Å². The summed E-state index contributed by atoms with van der Waals surface area (Å²) in [6.45, 7) is 5.06. The summed E-state index contributed by atoms with van der Waals surface area (Å²) in [5, 5.41) is 8.31. The van der Waals surface area contributed by atoms with Crippen LogP contribution in [0.15, 0.2) is 176 Å². The van der Waals surface area contributed by atoms with E-state index in [0.717, 1.165) is 11.4 Å². The van der Waals surface area contributed by atoms with Crippen LogP contribution in [0.25, 0.3) is 64.3 Å². The average Bonchev–Trinajstić information content (AvgIpc) is 3.67. The van der Waals surface area contributed by atoms with E-state index in [0.29, 0.717) is 0 Å². The SMILES string of the molecule is C[Si]1(C)c2cc(N(c3cccc(-c4ccccc4)c3)c3cccc(-c4ccc5ccccc5c4)c3)ccc2-c2c1ccc1c2sc2ccccc21. The third kappa shape index (κ3) is 4.88. The van der Waals surface area contributed by atoms with E-state index in [-0.39, 0.29) is 0 Å². The van der Waals surface area contributed by atoms with E-state index in [9.17, 15) is 0 Å². The van der Waals surface area contributed by atoms with Crippen LogP contribution in [0.2, 0.25) is 13.1 Å². The third-order valence-electron chi connectivity index (χ3n) is 10.8. The van der Waals surface area contributed by atoms with Gasteiger partial charge in [0.05, 0.1) is 0 Å². The minimum absolute atomic E-state index is 1.15. The fraction of sp³-hybridized carbons (Fsp3) is 0.0417. The van der Waals surface area contributed by atoms with Crippen molar-refractivity contribution in [1.29, 1.82) is 0 Å². The molecular weight excluding hydrogens is 651 g/mol. The van der Waals surface area contributed by atoms with Gasteiger partial charge < -0.3 is 4.90 Å². The summed E-state index contributed by atoms with van der Waals surface area (Å²) in [5.41, 5.74) is 11.2. The third-order valence-corrected chi connectivity index (χ3v) is 15.6. The van der Waals surface area contributed by atoms with Crippen molar-refractivity contribution < 1.29 is 0 Å². The molecule has 0 saturated carbocycles. The lowest BCUT2D eigenvalue weighted by Gasteiger charge is -2.28. The van der Waals surface area contributed by atoms with Gasteiger partial charge in [0.25, 0.3) is 0 Å². The van der Waals surface area contributed by atoms with E-state index in [1.54, 1.807) is 5.19 Å². The first-order chi connectivity index (χ1) is 25.0. The molecule has 0 unspecified atom stereocenters. The molecule has 10 rings (SSSR count). The Morgan fingerprint density at radius 3 is 1.88 bits per heavy atom. The largest absolute Gasteiger partial charge is 0.310 e. The molecule has 51 heavy (non-hydrogen) atoms. The molecule has 9 aromatic rings. The smallest absolute Gasteiger partial charge is 0.114 e. The Balaban J connectivity index is 1.16. The first kappa shape index (κ1) is 30.1. The molecule has 1 aromatic heterocycles. The summed E-state index contributed by atoms with van der Waals surface area (Å²) in [4.78, 5) is 2.46. The number of hydrogen-bond acceptors (Lipinski definition) is 2. The van der Waals surface area contributed by atoms with Gasteiger partial charge in [-0.2, -0.15) is 0 Å². The van der Waals surface area contributed by atoms with Crippen molar-refractivity contribution in [2.45, 2.75) is 13.1 Å². The number of anilines is 3. The molecule has 0 N–H and O–H groups in total. The summed E-state index contributed by atoms with van der Waals surface area (Å²) < 4.78 is 2.79. The van der Waals surface area contributed by atoms with Crippen molar-refractivity contribution in [3.8, 4) is 33.4 Å². The zero-order valence-electron chi connectivity index (χ0n) is 28.6. The minimum Gasteiger partial charge on any atom is -0.310 e. The number of hydrogen-bond donors (Lipinski definition) is 0. The molecule has 1 aliphatic rings. The molecule has 0 spiro atoms. The summed E-state index contributed by atoms with van der Waals surface area (Å²) >= 11 is 1.95. The molecule has 1 nitrogen and oxygen atoms in total. The van der Waals surface area contributed by atoms with Gasteiger partial charge in [-0.3, -0.25) is 0 Å². The maximum Gasteiger partial charge on any atom is 0.114 e. The van der Waals surface area contributed by atoms with Gasteiger partial charge in [0, 0.05) is 37.2 Å². The molecule has 0 radical (unpaired) electrons. The topological polar surface area (TPSA) is 3.24 Å². The zero-order valence-corrected chi connectivity index (χ0v) is 30.4. The Bertz CT molecular complexity index is 2790. The van der Waals surface area contributed by atoms with Crippen LogP contribution in [-0.4, -0.2) is 8.07 Å². The number of nitrogens with zero attached hydrogens (tertiary/aromatic N) is 1. The van der Waals surface area contributed by atoms with Gasteiger partial charge in [-0.25, -0.2) is 0 Å². The van der Waals surface area contributed by atoms with Crippen LogP contribution in [0.4, 0.5) is 17.1 Å². The number of rotatable bonds is 5. The fourth-order valence-electron chi connectivity index (χ4n) is 8.22. The second kappa shape index (κ2) is 11.7. The van der Waals surface area contributed by atoms with Crippen molar-refractivity contribution >= 4 is 77.8 Å². The second-order valence-electron chi connectivity index (χ2n) is 14.2. The van der Waals surface area contributed by atoms with Crippen LogP contribution in [0.5, 0.6) is 0 Å². The highest BCUT2D eigenvalue weighted by molar-refractivity contribution is 7.26. The maximum atomic E-state index is 2.53. The van der Waals surface area contributed by atoms with E-state index < -0.39 is 8.07 Å². The lowest BCUT2D eigenvalue weighted by atomic mass is 9.99. The van der Waals surface area contributed by atoms with E-state index in [1.165, 1.54) is 75.2 Å². The van der Waals surface area contributed by atoms with E-state index >= 15 is 0 Å². The Morgan fingerprint density at radius 1 is 0.431 bits per heavy atom. The van der Waals surface area contributed by atoms with Crippen LogP contribution >= 0.6 is 11.3 Å². The van der Waals surface area contributed by atoms with Gasteiger partial charge in [0.1, 0.15) is 8.07 Å². The first-order valence-electron chi connectivity index (χ1n) is 17.7. The molecule has 0 amide bonds. The Hall–Kier alpha value is -5.74. The molecule has 0 atom stereocenters. The molecule has 1 aliphatic heterocycles. The summed E-state index contributed by atoms with van der Waals surface area (Å²) in [6, 6.07) is 65.1. The molecule has 0 saturated heterocycles. The molecule has 3 heteroatoms. The van der Waals surface area contributed by atoms with Gasteiger partial charge in [-0.1, -0.05) is 140 Å². The Morgan fingerprint density at radius 2 is 1.08 bits per heavy atom. The second-order valence-corrected chi connectivity index (χ2v) is 19.6. The van der Waals surface area contributed by atoms with Crippen molar-refractivity contribution in [1.82, 2.24) is 0 Å². The highest BCUT2D eigenvalue weighted by Gasteiger charge is 2.39. The molecule has 0 bridgehead atoms.